The van der Waals surface area contributed by atoms with Crippen molar-refractivity contribution < 1.29 is 24.0 Å². The zero-order chi connectivity index (χ0) is 24.6. The van der Waals surface area contributed by atoms with Crippen molar-refractivity contribution in [2.24, 2.45) is 11.8 Å². The standard InChI is InChI=1S/C27H20N2O6/c1-14(30)35-21-12-11-15(13-20(21)29(33)34)28-25(31)23-22-16-7-3-5-9-18(16)27(2,24(23)26(28)32)19-10-6-4-8-17(19)22/h3-13,22-24H,1-2H3/t22?,23-,24+,27?/m1/s1. The number of anilines is 1. The van der Waals surface area contributed by atoms with E-state index in [1.807, 2.05) is 55.5 Å². The summed E-state index contributed by atoms with van der Waals surface area (Å²) in [4.78, 5) is 51.3. The van der Waals surface area contributed by atoms with Crippen LogP contribution in [0, 0.1) is 22.0 Å². The van der Waals surface area contributed by atoms with Gasteiger partial charge in [-0.15, -0.1) is 0 Å². The van der Waals surface area contributed by atoms with Crippen molar-refractivity contribution in [1.82, 2.24) is 0 Å². The highest BCUT2D eigenvalue weighted by molar-refractivity contribution is 6.24. The molecule has 0 saturated carbocycles. The van der Waals surface area contributed by atoms with Gasteiger partial charge in [-0.1, -0.05) is 55.5 Å². The molecule has 3 aliphatic carbocycles. The maximum absolute atomic E-state index is 14.0. The largest absolute Gasteiger partial charge is 0.419 e. The lowest BCUT2D eigenvalue weighted by Crippen LogP contribution is -2.51. The first-order valence-electron chi connectivity index (χ1n) is 11.3. The number of amides is 2. The van der Waals surface area contributed by atoms with Gasteiger partial charge in [-0.3, -0.25) is 24.5 Å². The van der Waals surface area contributed by atoms with Crippen LogP contribution in [0.2, 0.25) is 0 Å². The second-order valence-corrected chi connectivity index (χ2v) is 9.37. The van der Waals surface area contributed by atoms with Crippen LogP contribution in [0.4, 0.5) is 11.4 Å². The minimum Gasteiger partial charge on any atom is -0.419 e. The third kappa shape index (κ3) is 2.65. The van der Waals surface area contributed by atoms with Gasteiger partial charge < -0.3 is 4.74 Å². The van der Waals surface area contributed by atoms with E-state index in [0.29, 0.717) is 0 Å². The van der Waals surface area contributed by atoms with Crippen molar-refractivity contribution in [3.05, 3.63) is 99.1 Å². The topological polar surface area (TPSA) is 107 Å². The molecule has 174 valence electrons. The number of carbonyl (C=O) groups is 3. The van der Waals surface area contributed by atoms with E-state index >= 15 is 0 Å². The van der Waals surface area contributed by atoms with Crippen molar-refractivity contribution in [2.75, 3.05) is 4.90 Å². The predicted octanol–water partition coefficient (Wildman–Crippen LogP) is 4.09. The zero-order valence-corrected chi connectivity index (χ0v) is 18.9. The number of nitro groups is 1. The summed E-state index contributed by atoms with van der Waals surface area (Å²) in [6, 6.07) is 19.6. The molecule has 2 atom stereocenters. The van der Waals surface area contributed by atoms with Gasteiger partial charge in [0.25, 0.3) is 0 Å². The number of ether oxygens (including phenoxy) is 1. The average Bonchev–Trinajstić information content (AvgIpc) is 3.11. The maximum atomic E-state index is 14.0. The Morgan fingerprint density at radius 1 is 0.971 bits per heavy atom. The van der Waals surface area contributed by atoms with Crippen molar-refractivity contribution in [2.45, 2.75) is 25.2 Å². The molecule has 4 aliphatic rings. The van der Waals surface area contributed by atoms with Crippen LogP contribution in [0.3, 0.4) is 0 Å². The zero-order valence-electron chi connectivity index (χ0n) is 18.9. The highest BCUT2D eigenvalue weighted by Gasteiger charge is 2.66. The molecule has 1 aliphatic heterocycles. The van der Waals surface area contributed by atoms with E-state index in [-0.39, 0.29) is 29.2 Å². The van der Waals surface area contributed by atoms with Gasteiger partial charge >= 0.3 is 11.7 Å². The van der Waals surface area contributed by atoms with Gasteiger partial charge in [0.1, 0.15) is 0 Å². The van der Waals surface area contributed by atoms with Gasteiger partial charge in [0.15, 0.2) is 0 Å². The van der Waals surface area contributed by atoms with Crippen LogP contribution < -0.4 is 9.64 Å². The Morgan fingerprint density at radius 2 is 1.57 bits per heavy atom. The van der Waals surface area contributed by atoms with Crippen LogP contribution in [0.15, 0.2) is 66.7 Å². The quantitative estimate of drug-likeness (QED) is 0.188. The van der Waals surface area contributed by atoms with Gasteiger partial charge in [0.05, 0.1) is 22.4 Å². The minimum absolute atomic E-state index is 0.0908. The lowest BCUT2D eigenvalue weighted by Gasteiger charge is -2.52. The minimum atomic E-state index is -0.724. The molecule has 8 heteroatoms. The van der Waals surface area contributed by atoms with Crippen LogP contribution >= 0.6 is 0 Å². The van der Waals surface area contributed by atoms with Crippen LogP contribution in [0.25, 0.3) is 0 Å². The Kier molecular flexibility index (Phi) is 4.30. The second kappa shape index (κ2) is 7.09. The Morgan fingerprint density at radius 3 is 2.14 bits per heavy atom. The summed E-state index contributed by atoms with van der Waals surface area (Å²) in [6.07, 6.45) is 0. The molecule has 2 amide bonds. The number of hydrogen-bond acceptors (Lipinski definition) is 6. The highest BCUT2D eigenvalue weighted by Crippen LogP contribution is 2.64. The molecule has 3 aromatic rings. The number of rotatable bonds is 3. The SMILES string of the molecule is CC(=O)Oc1ccc(N2C(=O)[C@@H]3C4c5ccccc5C(C)(c5ccccc54)[C@@H]3C2=O)cc1[N+](=O)[O-]. The first-order valence-corrected chi connectivity index (χ1v) is 11.3. The number of imide groups is 1. The summed E-state index contributed by atoms with van der Waals surface area (Å²) in [5.41, 5.74) is 3.01. The van der Waals surface area contributed by atoms with Gasteiger partial charge in [0, 0.05) is 24.3 Å². The number of esters is 1. The van der Waals surface area contributed by atoms with Crippen LogP contribution in [0.5, 0.6) is 5.75 Å². The van der Waals surface area contributed by atoms with Gasteiger partial charge in [-0.05, 0) is 34.4 Å². The van der Waals surface area contributed by atoms with E-state index in [1.165, 1.54) is 12.1 Å². The number of carbonyl (C=O) groups excluding carboxylic acids is 3. The molecule has 0 radical (unpaired) electrons. The van der Waals surface area contributed by atoms with Crippen molar-refractivity contribution in [3.8, 4) is 5.75 Å². The Labute approximate surface area is 200 Å². The van der Waals surface area contributed by atoms with E-state index in [2.05, 4.69) is 0 Å². The first-order chi connectivity index (χ1) is 16.7. The second-order valence-electron chi connectivity index (χ2n) is 9.37. The van der Waals surface area contributed by atoms with E-state index in [9.17, 15) is 24.5 Å². The smallest absolute Gasteiger partial charge is 0.313 e. The van der Waals surface area contributed by atoms with Crippen molar-refractivity contribution in [3.63, 3.8) is 0 Å². The normalized spacial score (nSPS) is 25.7. The molecule has 0 spiro atoms. The summed E-state index contributed by atoms with van der Waals surface area (Å²) >= 11 is 0. The molecule has 1 heterocycles. The molecule has 0 N–H and O–H groups in total. The monoisotopic (exact) mass is 468 g/mol. The Balaban J connectivity index is 1.52. The van der Waals surface area contributed by atoms with E-state index in [4.69, 9.17) is 4.74 Å². The lowest BCUT2D eigenvalue weighted by atomic mass is 9.48. The predicted molar refractivity (Wildman–Crippen MR) is 125 cm³/mol. The maximum Gasteiger partial charge on any atom is 0.313 e. The fourth-order valence-corrected chi connectivity index (χ4v) is 6.43. The molecular weight excluding hydrogens is 448 g/mol. The molecule has 1 saturated heterocycles. The fraction of sp³-hybridized carbons (Fsp3) is 0.222. The molecular formula is C27H20N2O6. The van der Waals surface area contributed by atoms with Crippen LogP contribution in [-0.4, -0.2) is 22.7 Å². The van der Waals surface area contributed by atoms with Crippen molar-refractivity contribution in [1.29, 1.82) is 0 Å². The van der Waals surface area contributed by atoms with Crippen LogP contribution in [0.1, 0.15) is 42.0 Å². The molecule has 0 unspecified atom stereocenters. The number of hydrogen-bond donors (Lipinski definition) is 0. The van der Waals surface area contributed by atoms with Crippen molar-refractivity contribution >= 4 is 29.2 Å². The van der Waals surface area contributed by atoms with Gasteiger partial charge in [-0.25, -0.2) is 4.90 Å². The summed E-state index contributed by atoms with van der Waals surface area (Å²) in [5.74, 6) is -3.26. The lowest BCUT2D eigenvalue weighted by molar-refractivity contribution is -0.385. The van der Waals surface area contributed by atoms with Gasteiger partial charge in [0.2, 0.25) is 17.6 Å². The summed E-state index contributed by atoms with van der Waals surface area (Å²) < 4.78 is 4.95. The number of benzene rings is 3. The molecule has 2 bridgehead atoms. The molecule has 0 aromatic heterocycles. The summed E-state index contributed by atoms with van der Waals surface area (Å²) in [6.45, 7) is 3.15. The first kappa shape index (κ1) is 21.2. The fourth-order valence-electron chi connectivity index (χ4n) is 6.43. The molecule has 7 rings (SSSR count). The molecule has 35 heavy (non-hydrogen) atoms. The number of nitrogens with zero attached hydrogens (tertiary/aromatic N) is 2. The highest BCUT2D eigenvalue weighted by atomic mass is 16.6. The number of nitro benzene ring substituents is 1. The van der Waals surface area contributed by atoms with Crippen LogP contribution in [-0.2, 0) is 19.8 Å². The Bertz CT molecular complexity index is 1430. The third-order valence-electron chi connectivity index (χ3n) is 7.69. The summed E-state index contributed by atoms with van der Waals surface area (Å²) in [5, 5.41) is 11.7. The molecule has 3 aromatic carbocycles. The van der Waals surface area contributed by atoms with Gasteiger partial charge in [-0.2, -0.15) is 0 Å². The van der Waals surface area contributed by atoms with E-state index in [1.54, 1.807) is 0 Å². The van der Waals surface area contributed by atoms with E-state index < -0.39 is 33.8 Å². The average molecular weight is 468 g/mol. The molecule has 8 nitrogen and oxygen atoms in total. The third-order valence-corrected chi connectivity index (χ3v) is 7.69. The molecule has 1 fully saturated rings. The van der Waals surface area contributed by atoms with E-state index in [0.717, 1.165) is 40.1 Å². The summed E-state index contributed by atoms with van der Waals surface area (Å²) in [7, 11) is 0. The Hall–Kier alpha value is -4.33.